The molecule has 2 rings (SSSR count). The fraction of sp³-hybridized carbons (Fsp3) is 0.500. The van der Waals surface area contributed by atoms with Gasteiger partial charge in [-0.1, -0.05) is 12.1 Å². The summed E-state index contributed by atoms with van der Waals surface area (Å²) in [4.78, 5) is 0. The predicted octanol–water partition coefficient (Wildman–Crippen LogP) is 1.22. The molecule has 88 valence electrons. The molecule has 1 N–H and O–H groups in total. The summed E-state index contributed by atoms with van der Waals surface area (Å²) in [5, 5.41) is 9.80. The van der Waals surface area contributed by atoms with Crippen LogP contribution in [0.3, 0.4) is 0 Å². The van der Waals surface area contributed by atoms with Crippen molar-refractivity contribution in [2.45, 2.75) is 19.1 Å². The molecule has 2 unspecified atom stereocenters. The molecule has 4 heteroatoms. The van der Waals surface area contributed by atoms with Crippen LogP contribution in [0.2, 0.25) is 0 Å². The van der Waals surface area contributed by atoms with Crippen LogP contribution in [0.5, 0.6) is 11.5 Å². The van der Waals surface area contributed by atoms with Crippen molar-refractivity contribution < 1.29 is 19.3 Å². The van der Waals surface area contributed by atoms with Crippen molar-refractivity contribution >= 4 is 0 Å². The summed E-state index contributed by atoms with van der Waals surface area (Å²) in [6, 6.07) is 7.44. The average molecular weight is 224 g/mol. The van der Waals surface area contributed by atoms with E-state index in [0.29, 0.717) is 19.0 Å². The Balaban J connectivity index is 1.97. The maximum atomic E-state index is 9.80. The van der Waals surface area contributed by atoms with Crippen molar-refractivity contribution in [3.8, 4) is 11.5 Å². The molecule has 4 nitrogen and oxygen atoms in total. The Morgan fingerprint density at radius 3 is 2.94 bits per heavy atom. The maximum absolute atomic E-state index is 9.80. The van der Waals surface area contributed by atoms with Crippen LogP contribution in [0, 0.1) is 0 Å². The van der Waals surface area contributed by atoms with Crippen LogP contribution in [0.25, 0.3) is 0 Å². The molecule has 0 saturated heterocycles. The minimum absolute atomic E-state index is 0.271. The highest BCUT2D eigenvalue weighted by atomic mass is 16.6. The molecule has 0 aromatic heterocycles. The van der Waals surface area contributed by atoms with Crippen molar-refractivity contribution in [3.05, 3.63) is 24.3 Å². The predicted molar refractivity (Wildman–Crippen MR) is 58.9 cm³/mol. The molecule has 0 saturated carbocycles. The Morgan fingerprint density at radius 2 is 2.19 bits per heavy atom. The molecule has 16 heavy (non-hydrogen) atoms. The minimum Gasteiger partial charge on any atom is -0.486 e. The molecule has 1 aromatic carbocycles. The standard InChI is InChI=1S/C12H16O4/c1-2-14-7-9(13)12-8-15-10-5-3-4-6-11(10)16-12/h3-6,9,12-13H,2,7-8H2,1H3. The molecular weight excluding hydrogens is 208 g/mol. The Kier molecular flexibility index (Phi) is 3.64. The minimum atomic E-state index is -0.659. The van der Waals surface area contributed by atoms with Gasteiger partial charge in [0.05, 0.1) is 6.61 Å². The van der Waals surface area contributed by atoms with Crippen LogP contribution in [0.4, 0.5) is 0 Å². The van der Waals surface area contributed by atoms with Crippen LogP contribution in [-0.4, -0.2) is 37.1 Å². The van der Waals surface area contributed by atoms with Gasteiger partial charge >= 0.3 is 0 Å². The van der Waals surface area contributed by atoms with Crippen molar-refractivity contribution in [2.24, 2.45) is 0 Å². The summed E-state index contributed by atoms with van der Waals surface area (Å²) >= 11 is 0. The van der Waals surface area contributed by atoms with E-state index in [4.69, 9.17) is 14.2 Å². The molecule has 2 atom stereocenters. The van der Waals surface area contributed by atoms with E-state index in [1.165, 1.54) is 0 Å². The number of benzene rings is 1. The molecule has 1 aromatic rings. The van der Waals surface area contributed by atoms with Gasteiger partial charge in [0.25, 0.3) is 0 Å². The fourth-order valence-electron chi connectivity index (χ4n) is 1.57. The summed E-state index contributed by atoms with van der Waals surface area (Å²) in [6.07, 6.45) is -1.02. The van der Waals surface area contributed by atoms with E-state index < -0.39 is 6.10 Å². The largest absolute Gasteiger partial charge is 0.486 e. The lowest BCUT2D eigenvalue weighted by atomic mass is 10.2. The van der Waals surface area contributed by atoms with Crippen LogP contribution in [0.15, 0.2) is 24.3 Å². The number of fused-ring (bicyclic) bond motifs is 1. The van der Waals surface area contributed by atoms with Gasteiger partial charge in [-0.2, -0.15) is 0 Å². The number of hydrogen-bond acceptors (Lipinski definition) is 4. The van der Waals surface area contributed by atoms with E-state index >= 15 is 0 Å². The van der Waals surface area contributed by atoms with E-state index in [2.05, 4.69) is 0 Å². The first-order valence-corrected chi connectivity index (χ1v) is 5.45. The zero-order valence-electron chi connectivity index (χ0n) is 9.26. The van der Waals surface area contributed by atoms with Gasteiger partial charge in [-0.3, -0.25) is 0 Å². The molecular formula is C12H16O4. The molecule has 0 fully saturated rings. The first kappa shape index (κ1) is 11.2. The van der Waals surface area contributed by atoms with Crippen molar-refractivity contribution in [2.75, 3.05) is 19.8 Å². The molecule has 1 heterocycles. The van der Waals surface area contributed by atoms with Gasteiger partial charge in [-0.05, 0) is 19.1 Å². The number of aliphatic hydroxyl groups excluding tert-OH is 1. The van der Waals surface area contributed by atoms with Crippen LogP contribution >= 0.6 is 0 Å². The molecule has 0 bridgehead atoms. The second-order valence-electron chi connectivity index (χ2n) is 3.64. The van der Waals surface area contributed by atoms with Gasteiger partial charge in [0.1, 0.15) is 12.7 Å². The van der Waals surface area contributed by atoms with Crippen molar-refractivity contribution in [1.29, 1.82) is 0 Å². The first-order valence-electron chi connectivity index (χ1n) is 5.45. The normalized spacial score (nSPS) is 20.5. The van der Waals surface area contributed by atoms with Gasteiger partial charge in [-0.25, -0.2) is 0 Å². The monoisotopic (exact) mass is 224 g/mol. The lowest BCUT2D eigenvalue weighted by Crippen LogP contribution is -2.42. The third-order valence-electron chi connectivity index (χ3n) is 2.45. The second-order valence-corrected chi connectivity index (χ2v) is 3.64. The van der Waals surface area contributed by atoms with Crippen LogP contribution in [-0.2, 0) is 4.74 Å². The van der Waals surface area contributed by atoms with E-state index in [1.54, 1.807) is 0 Å². The fourth-order valence-corrected chi connectivity index (χ4v) is 1.57. The Labute approximate surface area is 94.8 Å². The quantitative estimate of drug-likeness (QED) is 0.835. The lowest BCUT2D eigenvalue weighted by molar-refractivity contribution is -0.0507. The zero-order chi connectivity index (χ0) is 11.4. The molecule has 1 aliphatic rings. The molecule has 0 amide bonds. The third-order valence-corrected chi connectivity index (χ3v) is 2.45. The van der Waals surface area contributed by atoms with Gasteiger partial charge in [0, 0.05) is 6.61 Å². The summed E-state index contributed by atoms with van der Waals surface area (Å²) < 4.78 is 16.3. The number of para-hydroxylation sites is 2. The van der Waals surface area contributed by atoms with E-state index in [1.807, 2.05) is 31.2 Å². The molecule has 1 aliphatic heterocycles. The Hall–Kier alpha value is -1.26. The van der Waals surface area contributed by atoms with E-state index in [9.17, 15) is 5.11 Å². The number of ether oxygens (including phenoxy) is 3. The smallest absolute Gasteiger partial charge is 0.161 e. The van der Waals surface area contributed by atoms with Gasteiger partial charge in [0.2, 0.25) is 0 Å². The third kappa shape index (κ3) is 2.46. The molecule has 0 radical (unpaired) electrons. The number of rotatable bonds is 4. The van der Waals surface area contributed by atoms with E-state index in [-0.39, 0.29) is 12.7 Å². The first-order chi connectivity index (χ1) is 7.81. The SMILES string of the molecule is CCOCC(O)C1COc2ccccc2O1. The number of aliphatic hydroxyl groups is 1. The highest BCUT2D eigenvalue weighted by Gasteiger charge is 2.27. The highest BCUT2D eigenvalue weighted by molar-refractivity contribution is 5.40. The summed E-state index contributed by atoms with van der Waals surface area (Å²) in [6.45, 7) is 3.10. The zero-order valence-corrected chi connectivity index (χ0v) is 9.26. The molecule has 0 spiro atoms. The van der Waals surface area contributed by atoms with Gasteiger partial charge in [0.15, 0.2) is 17.6 Å². The van der Waals surface area contributed by atoms with E-state index in [0.717, 1.165) is 5.75 Å². The highest BCUT2D eigenvalue weighted by Crippen LogP contribution is 2.31. The lowest BCUT2D eigenvalue weighted by Gasteiger charge is -2.29. The molecule has 0 aliphatic carbocycles. The Bertz CT molecular complexity index is 340. The second kappa shape index (κ2) is 5.18. The van der Waals surface area contributed by atoms with Crippen LogP contribution in [0.1, 0.15) is 6.92 Å². The topological polar surface area (TPSA) is 47.9 Å². The number of hydrogen-bond donors (Lipinski definition) is 1. The summed E-state index contributed by atoms with van der Waals surface area (Å²) in [7, 11) is 0. The summed E-state index contributed by atoms with van der Waals surface area (Å²) in [5.74, 6) is 1.40. The average Bonchev–Trinajstić information content (AvgIpc) is 2.35. The van der Waals surface area contributed by atoms with Crippen molar-refractivity contribution in [3.63, 3.8) is 0 Å². The van der Waals surface area contributed by atoms with Crippen molar-refractivity contribution in [1.82, 2.24) is 0 Å². The maximum Gasteiger partial charge on any atom is 0.161 e. The van der Waals surface area contributed by atoms with Crippen LogP contribution < -0.4 is 9.47 Å². The van der Waals surface area contributed by atoms with Gasteiger partial charge < -0.3 is 19.3 Å². The Morgan fingerprint density at radius 1 is 1.44 bits per heavy atom. The summed E-state index contributed by atoms with van der Waals surface area (Å²) in [5.41, 5.74) is 0. The van der Waals surface area contributed by atoms with Gasteiger partial charge in [-0.15, -0.1) is 0 Å².